The van der Waals surface area contributed by atoms with Gasteiger partial charge in [-0.1, -0.05) is 98.3 Å². The van der Waals surface area contributed by atoms with E-state index in [1.807, 2.05) is 61.5 Å². The third-order valence-corrected chi connectivity index (χ3v) is 26.8. The molecule has 20 heteroatoms. The van der Waals surface area contributed by atoms with Gasteiger partial charge < -0.3 is 74.7 Å². The standard InChI is InChI=1S/C21H28O4.2C20H26O4.2C18H22O4/c1-5-6-7-13-11-16(22)18-14-10-12(2)8-9-15(14)21(3,4)25-19(18)17(13)20(23)24;1-5-6-12-10-15-17(18(21)16(12)19(22)23)13-9-11(2)7-8-14(13)20(3,4)24-15;1-5-6-12-10-15(21)17-13-9-11(2)7-8-14(13)20(3,4)24-18(17)16(12)19(22)23;1-9-5-6-12-11(7-9)15-13(22-18(12,3)4)8-10(2)14(16(15)19)17(20)21;1-9-5-6-12-11(7-9)15-13(19)8-10(2)14(17(20)21)16(15)22-18(12,3)4/h10-11,14-15,22H,5-9H2,1-4H3,(H,23,24);2*9-10,13-14,21H,5-8H2,1-4H3,(H,22,23);2*7-8,11-12,19H,5-6H2,1-4H3,(H,20,21)/t14-,15-;2*13-,14-;2*11-,12-/m11111/s1. The number of carboxylic acids is 5. The summed E-state index contributed by atoms with van der Waals surface area (Å²) in [5, 5.41) is 101. The second-order valence-corrected chi connectivity index (χ2v) is 37.3. The number of phenols is 5. The fourth-order valence-electron chi connectivity index (χ4n) is 20.9. The number of hydrogen-bond donors (Lipinski definition) is 10. The molecule has 0 fully saturated rings. The second-order valence-electron chi connectivity index (χ2n) is 37.3. The predicted molar refractivity (Wildman–Crippen MR) is 451 cm³/mol. The van der Waals surface area contributed by atoms with Gasteiger partial charge in [-0.2, -0.15) is 0 Å². The van der Waals surface area contributed by atoms with Crippen LogP contribution in [0.25, 0.3) is 0 Å². The number of carbonyl (C=O) groups is 5. The van der Waals surface area contributed by atoms with Gasteiger partial charge in [0, 0.05) is 87.0 Å². The first-order valence-corrected chi connectivity index (χ1v) is 42.1. The van der Waals surface area contributed by atoms with E-state index in [0.717, 1.165) is 89.9 Å². The lowest BCUT2D eigenvalue weighted by Gasteiger charge is -2.47. The lowest BCUT2D eigenvalue weighted by Crippen LogP contribution is -2.45. The molecular formula is C97H124O20. The Morgan fingerprint density at radius 1 is 0.325 bits per heavy atom. The van der Waals surface area contributed by atoms with Gasteiger partial charge in [0.15, 0.2) is 0 Å². The molecule has 0 saturated carbocycles. The summed E-state index contributed by atoms with van der Waals surface area (Å²) in [7, 11) is 0. The van der Waals surface area contributed by atoms with E-state index in [4.69, 9.17) is 23.7 Å². The van der Waals surface area contributed by atoms with Crippen LogP contribution in [0.4, 0.5) is 0 Å². The lowest BCUT2D eigenvalue weighted by atomic mass is 9.67. The van der Waals surface area contributed by atoms with E-state index >= 15 is 0 Å². The van der Waals surface area contributed by atoms with Crippen molar-refractivity contribution in [2.75, 3.05) is 0 Å². The van der Waals surface area contributed by atoms with Crippen LogP contribution in [0.3, 0.4) is 0 Å². The number of unbranched alkanes of at least 4 members (excludes halogenated alkanes) is 1. The molecule has 0 aromatic heterocycles. The normalized spacial score (nSPS) is 24.7. The molecule has 0 radical (unpaired) electrons. The Balaban J connectivity index is 0.000000144. The summed E-state index contributed by atoms with van der Waals surface area (Å²) in [6.45, 7) is 40.3. The third kappa shape index (κ3) is 17.0. The minimum absolute atomic E-state index is 0.00539. The molecule has 0 spiro atoms. The maximum Gasteiger partial charge on any atom is 0.339 e. The van der Waals surface area contributed by atoms with Crippen molar-refractivity contribution in [3.05, 3.63) is 172 Å². The van der Waals surface area contributed by atoms with E-state index in [9.17, 15) is 75.0 Å². The summed E-state index contributed by atoms with van der Waals surface area (Å²) in [6.07, 6.45) is 26.2. The zero-order chi connectivity index (χ0) is 86.1. The van der Waals surface area contributed by atoms with Crippen molar-refractivity contribution >= 4 is 29.8 Å². The number of phenolic OH excluding ortho intramolecular Hbond substituents is 3. The highest BCUT2D eigenvalue weighted by Crippen LogP contribution is 2.61. The molecular weight excluding hydrogens is 1490 g/mol. The van der Waals surface area contributed by atoms with Gasteiger partial charge in [-0.05, 0) is 266 Å². The maximum atomic E-state index is 12.0. The van der Waals surface area contributed by atoms with E-state index in [1.54, 1.807) is 38.1 Å². The van der Waals surface area contributed by atoms with Crippen molar-refractivity contribution < 1.29 is 98.7 Å². The molecule has 10 N–H and O–H groups in total. The molecule has 5 aliphatic heterocycles. The monoisotopic (exact) mass is 1610 g/mol. The average Bonchev–Trinajstić information content (AvgIpc) is 0.753. The lowest BCUT2D eigenvalue weighted by molar-refractivity contribution is 0.00863. The Bertz CT molecular complexity index is 4890. The molecule has 15 rings (SSSR count). The molecule has 5 heterocycles. The summed E-state index contributed by atoms with van der Waals surface area (Å²) < 4.78 is 31.0. The topological polar surface area (TPSA) is 334 Å². The van der Waals surface area contributed by atoms with E-state index in [-0.39, 0.29) is 127 Å². The van der Waals surface area contributed by atoms with Crippen LogP contribution < -0.4 is 23.7 Å². The smallest absolute Gasteiger partial charge is 0.339 e. The average molecular weight is 1610 g/mol. The van der Waals surface area contributed by atoms with Gasteiger partial charge in [-0.25, -0.2) is 24.0 Å². The number of rotatable bonds is 12. The molecule has 10 atom stereocenters. The van der Waals surface area contributed by atoms with E-state index in [2.05, 4.69) is 99.6 Å². The summed E-state index contributed by atoms with van der Waals surface area (Å²) in [5.41, 5.74) is 11.2. The molecule has 0 unspecified atom stereocenters. The highest BCUT2D eigenvalue weighted by atomic mass is 16.5. The molecule has 20 nitrogen and oxygen atoms in total. The summed E-state index contributed by atoms with van der Waals surface area (Å²) in [5.74, 6) is -1.42. The van der Waals surface area contributed by atoms with Crippen molar-refractivity contribution in [3.8, 4) is 57.5 Å². The Labute approximate surface area is 689 Å². The van der Waals surface area contributed by atoms with Crippen LogP contribution in [-0.2, 0) is 19.3 Å². The van der Waals surface area contributed by atoms with Gasteiger partial charge in [-0.15, -0.1) is 0 Å². The molecule has 5 aliphatic carbocycles. The summed E-state index contributed by atoms with van der Waals surface area (Å²) in [4.78, 5) is 58.8. The van der Waals surface area contributed by atoms with Crippen LogP contribution in [0.2, 0.25) is 0 Å². The minimum Gasteiger partial charge on any atom is -0.507 e. The number of benzene rings is 5. The molecule has 5 aromatic rings. The molecule has 632 valence electrons. The minimum atomic E-state index is -1.10. The van der Waals surface area contributed by atoms with E-state index in [0.29, 0.717) is 104 Å². The maximum absolute atomic E-state index is 12.0. The van der Waals surface area contributed by atoms with Crippen LogP contribution in [0.15, 0.2) is 88.6 Å². The van der Waals surface area contributed by atoms with E-state index in [1.165, 1.54) is 27.9 Å². The zero-order valence-corrected chi connectivity index (χ0v) is 72.1. The Morgan fingerprint density at radius 3 is 0.906 bits per heavy atom. The number of carboxylic acid groups (broad SMARTS) is 5. The van der Waals surface area contributed by atoms with Crippen LogP contribution in [0.1, 0.15) is 352 Å². The van der Waals surface area contributed by atoms with Gasteiger partial charge in [0.1, 0.15) is 113 Å². The highest BCUT2D eigenvalue weighted by Gasteiger charge is 2.53. The largest absolute Gasteiger partial charge is 0.507 e. The van der Waals surface area contributed by atoms with Crippen molar-refractivity contribution in [2.45, 2.75) is 305 Å². The fourth-order valence-corrected chi connectivity index (χ4v) is 20.9. The van der Waals surface area contributed by atoms with Crippen molar-refractivity contribution in [2.24, 2.45) is 29.6 Å². The molecule has 0 saturated heterocycles. The molecule has 0 bridgehead atoms. The predicted octanol–water partition coefficient (Wildman–Crippen LogP) is 22.4. The SMILES string of the molecule is CC1=C[C@H]2c3c(O)cc(C)c(C(=O)O)c3OC(C)(C)[C@@H]2CC1.CC1=C[C@H]2c3c(cc(C)c(C(=O)O)c3O)OC(C)(C)[C@@H]2CC1.CCCCc1cc(O)c2c(c1C(=O)O)OC(C)(C)[C@@H]1CCC(C)=C[C@@H]21.CCCc1cc(O)c2c(c1C(=O)O)OC(C)(C)[C@@H]1CCC(C)=C[C@@H]21.CCCc1cc2c(c(O)c1C(=O)O)[C@@H]1C=C(C)CC[C@H]1C(C)(C)O2. The van der Waals surface area contributed by atoms with Crippen LogP contribution in [0.5, 0.6) is 57.5 Å². The zero-order valence-electron chi connectivity index (χ0n) is 72.1. The second kappa shape index (κ2) is 33.5. The number of fused-ring (bicyclic) bond motifs is 15. The molecule has 0 amide bonds. The number of allylic oxidation sites excluding steroid dienone is 10. The summed E-state index contributed by atoms with van der Waals surface area (Å²) in [6, 6.07) is 8.39. The number of aromatic hydroxyl groups is 5. The summed E-state index contributed by atoms with van der Waals surface area (Å²) >= 11 is 0. The molecule has 10 aliphatic rings. The van der Waals surface area contributed by atoms with Crippen molar-refractivity contribution in [1.29, 1.82) is 0 Å². The highest BCUT2D eigenvalue weighted by molar-refractivity contribution is 5.97. The first-order valence-electron chi connectivity index (χ1n) is 42.1. The number of aryl methyl sites for hydroxylation is 5. The third-order valence-electron chi connectivity index (χ3n) is 26.8. The van der Waals surface area contributed by atoms with Gasteiger partial charge in [0.2, 0.25) is 0 Å². The van der Waals surface area contributed by atoms with E-state index < -0.39 is 46.6 Å². The van der Waals surface area contributed by atoms with Crippen LogP contribution >= 0.6 is 0 Å². The van der Waals surface area contributed by atoms with Gasteiger partial charge >= 0.3 is 29.8 Å². The van der Waals surface area contributed by atoms with Gasteiger partial charge in [-0.3, -0.25) is 0 Å². The fraction of sp³-hybridized carbons (Fsp3) is 0.536. The Morgan fingerprint density at radius 2 is 0.590 bits per heavy atom. The number of aromatic carboxylic acids is 5. The number of hydrogen-bond acceptors (Lipinski definition) is 15. The first kappa shape index (κ1) is 88.0. The first-order chi connectivity index (χ1) is 54.7. The van der Waals surface area contributed by atoms with Gasteiger partial charge in [0.25, 0.3) is 0 Å². The Hall–Kier alpha value is -9.85. The Kier molecular flexibility index (Phi) is 25.2. The molecule has 117 heavy (non-hydrogen) atoms. The van der Waals surface area contributed by atoms with Crippen molar-refractivity contribution in [3.63, 3.8) is 0 Å². The van der Waals surface area contributed by atoms with Crippen molar-refractivity contribution in [1.82, 2.24) is 0 Å². The van der Waals surface area contributed by atoms with Gasteiger partial charge in [0.05, 0.1) is 0 Å². The number of ether oxygens (including phenoxy) is 5. The quantitative estimate of drug-likeness (QED) is 0.0519. The molecule has 5 aromatic carbocycles. The van der Waals surface area contributed by atoms with Crippen LogP contribution in [0, 0.1) is 43.4 Å². The van der Waals surface area contributed by atoms with Crippen LogP contribution in [-0.4, -0.2) is 109 Å².